The van der Waals surface area contributed by atoms with E-state index >= 15 is 0 Å². The molecule has 2 aliphatic rings. The lowest BCUT2D eigenvalue weighted by Gasteiger charge is -2.39. The molecule has 1 aromatic heterocycles. The second-order valence-electron chi connectivity index (χ2n) is 8.35. The number of aromatic nitrogens is 2. The maximum Gasteiger partial charge on any atom is 0.261 e. The summed E-state index contributed by atoms with van der Waals surface area (Å²) in [7, 11) is 1.65. The highest BCUT2D eigenvalue weighted by Crippen LogP contribution is 2.43. The molecule has 1 N–H and O–H groups in total. The number of imidazole rings is 1. The highest BCUT2D eigenvalue weighted by atomic mass is 79.9. The molecule has 7 nitrogen and oxygen atoms in total. The van der Waals surface area contributed by atoms with E-state index < -0.39 is 5.72 Å². The van der Waals surface area contributed by atoms with Crippen LogP contribution in [-0.4, -0.2) is 45.7 Å². The van der Waals surface area contributed by atoms with Crippen LogP contribution in [0.3, 0.4) is 0 Å². The first-order chi connectivity index (χ1) is 16.4. The van der Waals surface area contributed by atoms with E-state index in [1.807, 2.05) is 40.8 Å². The number of amidine groups is 1. The molecule has 1 fully saturated rings. The van der Waals surface area contributed by atoms with E-state index in [9.17, 15) is 9.50 Å². The molecule has 176 valence electrons. The maximum absolute atomic E-state index is 13.7. The van der Waals surface area contributed by atoms with Crippen molar-refractivity contribution >= 4 is 27.8 Å². The number of hydrogen-bond acceptors (Lipinski definition) is 6. The first kappa shape index (κ1) is 22.6. The van der Waals surface area contributed by atoms with Crippen LogP contribution in [0.15, 0.2) is 64.1 Å². The normalized spacial score (nSPS) is 20.8. The van der Waals surface area contributed by atoms with Crippen molar-refractivity contribution in [3.63, 3.8) is 0 Å². The molecule has 1 atom stereocenters. The molecular weight excluding hydrogens is 503 g/mol. The summed E-state index contributed by atoms with van der Waals surface area (Å²) < 4.78 is 21.8. The number of aliphatic hydroxyl groups is 1. The Morgan fingerprint density at radius 1 is 1.29 bits per heavy atom. The summed E-state index contributed by atoms with van der Waals surface area (Å²) in [6, 6.07) is 10.3. The summed E-state index contributed by atoms with van der Waals surface area (Å²) in [5.74, 6) is 1.03. The lowest BCUT2D eigenvalue weighted by atomic mass is 9.94. The van der Waals surface area contributed by atoms with Crippen LogP contribution < -0.4 is 4.74 Å². The molecule has 3 aromatic rings. The van der Waals surface area contributed by atoms with Crippen LogP contribution in [0.5, 0.6) is 5.75 Å². The van der Waals surface area contributed by atoms with Crippen LogP contribution in [0, 0.1) is 12.7 Å². The number of methoxy groups -OCH3 is 1. The van der Waals surface area contributed by atoms with Crippen LogP contribution in [0.2, 0.25) is 0 Å². The zero-order valence-electron chi connectivity index (χ0n) is 18.8. The number of ether oxygens (including phenoxy) is 1. The number of halogens is 2. The fourth-order valence-corrected chi connectivity index (χ4v) is 5.20. The number of fused-ring (bicyclic) bond motifs is 1. The zero-order valence-corrected chi connectivity index (χ0v) is 20.4. The van der Waals surface area contributed by atoms with Gasteiger partial charge in [-0.05, 0) is 67.3 Å². The number of hydrogen-bond donors (Lipinski definition) is 1. The van der Waals surface area contributed by atoms with Crippen LogP contribution in [0.1, 0.15) is 29.7 Å². The quantitative estimate of drug-likeness (QED) is 0.518. The Labute approximate surface area is 205 Å². The highest BCUT2D eigenvalue weighted by Gasteiger charge is 2.50. The number of rotatable bonds is 5. The van der Waals surface area contributed by atoms with E-state index in [0.29, 0.717) is 22.4 Å². The molecule has 0 saturated carbocycles. The Bertz CT molecular complexity index is 1310. The Morgan fingerprint density at radius 3 is 2.85 bits per heavy atom. The third-order valence-corrected chi connectivity index (χ3v) is 6.85. The van der Waals surface area contributed by atoms with Gasteiger partial charge in [0.25, 0.3) is 5.72 Å². The average Bonchev–Trinajstić information content (AvgIpc) is 3.44. The summed E-state index contributed by atoms with van der Waals surface area (Å²) >= 11 is 3.42. The van der Waals surface area contributed by atoms with Crippen molar-refractivity contribution in [2.45, 2.75) is 25.5 Å². The largest absolute Gasteiger partial charge is 0.495 e. The number of benzene rings is 2. The van der Waals surface area contributed by atoms with Gasteiger partial charge in [-0.15, -0.1) is 0 Å². The van der Waals surface area contributed by atoms with E-state index in [1.54, 1.807) is 19.5 Å². The number of piperidine rings is 1. The molecule has 1 saturated heterocycles. The molecule has 5 rings (SSSR count). The fourth-order valence-electron chi connectivity index (χ4n) is 4.53. The predicted molar refractivity (Wildman–Crippen MR) is 130 cm³/mol. The average molecular weight is 527 g/mol. The van der Waals surface area contributed by atoms with Gasteiger partial charge in [-0.25, -0.2) is 9.37 Å². The van der Waals surface area contributed by atoms with Crippen LogP contribution in [0.4, 0.5) is 4.39 Å². The molecule has 2 aliphatic heterocycles. The van der Waals surface area contributed by atoms with Crippen molar-refractivity contribution in [1.82, 2.24) is 14.5 Å². The van der Waals surface area contributed by atoms with E-state index in [2.05, 4.69) is 32.1 Å². The minimum Gasteiger partial charge on any atom is -0.495 e. The van der Waals surface area contributed by atoms with Gasteiger partial charge in [0.2, 0.25) is 0 Å². The lowest BCUT2D eigenvalue weighted by Crippen LogP contribution is -2.51. The minimum absolute atomic E-state index is 0.329. The van der Waals surface area contributed by atoms with Crippen molar-refractivity contribution in [3.8, 4) is 11.4 Å². The minimum atomic E-state index is -1.21. The summed E-state index contributed by atoms with van der Waals surface area (Å²) in [5, 5.41) is 14.8. The number of oxime groups is 1. The molecule has 0 radical (unpaired) electrons. The first-order valence-electron chi connectivity index (χ1n) is 11.0. The van der Waals surface area contributed by atoms with Gasteiger partial charge in [0.1, 0.15) is 18.2 Å². The third kappa shape index (κ3) is 3.78. The Hall–Kier alpha value is -3.17. The number of aliphatic hydroxyl groups excluding tert-OH is 1. The van der Waals surface area contributed by atoms with Gasteiger partial charge < -0.3 is 24.1 Å². The molecule has 3 heterocycles. The van der Waals surface area contributed by atoms with Gasteiger partial charge in [0.15, 0.2) is 5.84 Å². The molecule has 34 heavy (non-hydrogen) atoms. The standard InChI is InChI=1S/C25H24BrFN4O3/c1-16-13-30(15-28-16)22-8-5-17(11-23(22)33-2)10-18-4-3-9-31-24(18)29-34-25(31,14-32)20-7-6-19(27)12-21(20)26/h5-8,10-13,15,32H,3-4,9,14H2,1-2H3. The van der Waals surface area contributed by atoms with Gasteiger partial charge in [-0.2, -0.15) is 0 Å². The molecule has 1 unspecified atom stereocenters. The molecule has 2 aromatic carbocycles. The SMILES string of the molecule is COc1cc(C=C2CCCN3C2=NOC3(CO)c2ccc(F)cc2Br)ccc1-n1cnc(C)c1. The molecule has 0 spiro atoms. The summed E-state index contributed by atoms with van der Waals surface area (Å²) in [5.41, 5.74) is 3.20. The second kappa shape index (κ2) is 8.88. The fraction of sp³-hybridized carbons (Fsp3) is 0.280. The van der Waals surface area contributed by atoms with Crippen molar-refractivity contribution in [2.24, 2.45) is 5.16 Å². The van der Waals surface area contributed by atoms with Crippen LogP contribution in [0.25, 0.3) is 11.8 Å². The number of nitrogens with zero attached hydrogens (tertiary/aromatic N) is 4. The van der Waals surface area contributed by atoms with Crippen molar-refractivity contribution in [2.75, 3.05) is 20.3 Å². The maximum atomic E-state index is 13.7. The van der Waals surface area contributed by atoms with Gasteiger partial charge in [0, 0.05) is 22.8 Å². The smallest absolute Gasteiger partial charge is 0.261 e. The number of aryl methyl sites for hydroxylation is 1. The monoisotopic (exact) mass is 526 g/mol. The van der Waals surface area contributed by atoms with E-state index in [1.165, 1.54) is 12.1 Å². The molecule has 9 heteroatoms. The zero-order chi connectivity index (χ0) is 23.9. The van der Waals surface area contributed by atoms with Crippen LogP contribution in [-0.2, 0) is 10.6 Å². The summed E-state index contributed by atoms with van der Waals surface area (Å²) in [4.78, 5) is 12.1. The van der Waals surface area contributed by atoms with Crippen molar-refractivity contribution in [1.29, 1.82) is 0 Å². The molecule has 0 aliphatic carbocycles. The van der Waals surface area contributed by atoms with E-state index in [0.717, 1.165) is 41.1 Å². The summed E-state index contributed by atoms with van der Waals surface area (Å²) in [6.07, 6.45) is 7.44. The van der Waals surface area contributed by atoms with E-state index in [-0.39, 0.29) is 12.4 Å². The molecular formula is C25H24BrFN4O3. The molecule has 0 amide bonds. The Morgan fingerprint density at radius 2 is 2.15 bits per heavy atom. The summed E-state index contributed by atoms with van der Waals surface area (Å²) in [6.45, 7) is 2.27. The molecule has 0 bridgehead atoms. The lowest BCUT2D eigenvalue weighted by molar-refractivity contribution is -0.137. The van der Waals surface area contributed by atoms with Crippen LogP contribution >= 0.6 is 15.9 Å². The first-order valence-corrected chi connectivity index (χ1v) is 11.7. The topological polar surface area (TPSA) is 72.1 Å². The van der Waals surface area contributed by atoms with Gasteiger partial charge in [0.05, 0.1) is 24.8 Å². The van der Waals surface area contributed by atoms with E-state index in [4.69, 9.17) is 9.57 Å². The van der Waals surface area contributed by atoms with Crippen molar-refractivity contribution in [3.05, 3.63) is 81.6 Å². The Kier molecular flexibility index (Phi) is 5.91. The highest BCUT2D eigenvalue weighted by molar-refractivity contribution is 9.10. The Balaban J connectivity index is 1.49. The van der Waals surface area contributed by atoms with Gasteiger partial charge >= 0.3 is 0 Å². The van der Waals surface area contributed by atoms with Gasteiger partial charge in [-0.1, -0.05) is 27.2 Å². The van der Waals surface area contributed by atoms with Crippen molar-refractivity contribution < 1.29 is 19.1 Å². The van der Waals surface area contributed by atoms with Gasteiger partial charge in [-0.3, -0.25) is 0 Å². The third-order valence-electron chi connectivity index (χ3n) is 6.19. The predicted octanol–water partition coefficient (Wildman–Crippen LogP) is 4.76. The second-order valence-corrected chi connectivity index (χ2v) is 9.21.